The van der Waals surface area contributed by atoms with Crippen LogP contribution in [0.25, 0.3) is 0 Å². The maximum Gasteiger partial charge on any atom is 0.446 e. The molecule has 0 bridgehead atoms. The molecule has 1 fully saturated rings. The van der Waals surface area contributed by atoms with Gasteiger partial charge in [-0.2, -0.15) is 13.2 Å². The summed E-state index contributed by atoms with van der Waals surface area (Å²) in [6.45, 7) is 3.25. The van der Waals surface area contributed by atoms with Crippen molar-refractivity contribution >= 4 is 23.4 Å². The van der Waals surface area contributed by atoms with Crippen molar-refractivity contribution in [3.63, 3.8) is 0 Å². The molecule has 7 heteroatoms. The van der Waals surface area contributed by atoms with Crippen molar-refractivity contribution < 1.29 is 18.0 Å². The number of hydrogen-bond acceptors (Lipinski definition) is 3. The van der Waals surface area contributed by atoms with E-state index in [2.05, 4.69) is 10.6 Å². The Morgan fingerprint density at radius 1 is 1.35 bits per heavy atom. The lowest BCUT2D eigenvalue weighted by Gasteiger charge is -2.16. The summed E-state index contributed by atoms with van der Waals surface area (Å²) in [7, 11) is 0. The first-order valence-corrected chi connectivity index (χ1v) is 7.05. The number of rotatable bonds is 3. The Morgan fingerprint density at radius 2 is 2.05 bits per heavy atom. The summed E-state index contributed by atoms with van der Waals surface area (Å²) in [6, 6.07) is 5.96. The van der Waals surface area contributed by atoms with Gasteiger partial charge in [-0.3, -0.25) is 4.79 Å². The van der Waals surface area contributed by atoms with E-state index in [9.17, 15) is 18.0 Å². The number of amides is 1. The lowest BCUT2D eigenvalue weighted by atomic mass is 9.97. The van der Waals surface area contributed by atoms with Gasteiger partial charge < -0.3 is 10.6 Å². The fourth-order valence-corrected chi connectivity index (χ4v) is 2.80. The predicted octanol–water partition coefficient (Wildman–Crippen LogP) is 3.09. The number of para-hydroxylation sites is 1. The molecule has 2 N–H and O–H groups in total. The number of anilines is 1. The molecule has 20 heavy (non-hydrogen) atoms. The van der Waals surface area contributed by atoms with E-state index in [-0.39, 0.29) is 40.1 Å². The minimum atomic E-state index is -4.37. The van der Waals surface area contributed by atoms with Crippen LogP contribution in [0.15, 0.2) is 29.2 Å². The molecule has 0 radical (unpaired) electrons. The number of carbonyl (C=O) groups excluding carboxylic acids is 1. The molecule has 0 aliphatic carbocycles. The molecule has 2 rings (SSSR count). The SMILES string of the molecule is C[C@@H]1CNC[C@H]1C(=O)Nc1ccccc1SC(F)(F)F. The number of carbonyl (C=O) groups is 1. The highest BCUT2D eigenvalue weighted by Gasteiger charge is 2.32. The molecule has 1 heterocycles. The highest BCUT2D eigenvalue weighted by molar-refractivity contribution is 8.00. The van der Waals surface area contributed by atoms with Gasteiger partial charge in [0.1, 0.15) is 0 Å². The zero-order chi connectivity index (χ0) is 14.8. The lowest BCUT2D eigenvalue weighted by molar-refractivity contribution is -0.120. The maximum atomic E-state index is 12.5. The van der Waals surface area contributed by atoms with Crippen LogP contribution in [0.1, 0.15) is 6.92 Å². The highest BCUT2D eigenvalue weighted by atomic mass is 32.2. The number of thioether (sulfide) groups is 1. The molecule has 1 saturated heterocycles. The summed E-state index contributed by atoms with van der Waals surface area (Å²) in [5.41, 5.74) is -4.16. The molecule has 1 amide bonds. The third kappa shape index (κ3) is 3.89. The van der Waals surface area contributed by atoms with Crippen LogP contribution in [0.3, 0.4) is 0 Å². The van der Waals surface area contributed by atoms with Gasteiger partial charge in [0.05, 0.1) is 11.6 Å². The first kappa shape index (κ1) is 15.2. The third-order valence-corrected chi connectivity index (χ3v) is 4.03. The summed E-state index contributed by atoms with van der Waals surface area (Å²) in [5.74, 6) is -0.269. The summed E-state index contributed by atoms with van der Waals surface area (Å²) in [4.78, 5) is 12.1. The fraction of sp³-hybridized carbons (Fsp3) is 0.462. The second-order valence-electron chi connectivity index (χ2n) is 4.78. The van der Waals surface area contributed by atoms with E-state index in [0.717, 1.165) is 6.54 Å². The van der Waals surface area contributed by atoms with Crippen LogP contribution in [0.2, 0.25) is 0 Å². The lowest BCUT2D eigenvalue weighted by Crippen LogP contribution is -2.28. The minimum absolute atomic E-state index is 0.00644. The van der Waals surface area contributed by atoms with E-state index in [1.807, 2.05) is 6.92 Å². The van der Waals surface area contributed by atoms with Crippen molar-refractivity contribution in [3.8, 4) is 0 Å². The number of nitrogens with one attached hydrogen (secondary N) is 2. The summed E-state index contributed by atoms with van der Waals surface area (Å²) in [6.07, 6.45) is 0. The number of alkyl halides is 3. The molecular formula is C13H15F3N2OS. The van der Waals surface area contributed by atoms with Gasteiger partial charge in [-0.15, -0.1) is 0 Å². The van der Waals surface area contributed by atoms with Crippen LogP contribution < -0.4 is 10.6 Å². The molecule has 0 unspecified atom stereocenters. The molecule has 110 valence electrons. The zero-order valence-corrected chi connectivity index (χ0v) is 11.6. The van der Waals surface area contributed by atoms with E-state index in [0.29, 0.717) is 6.54 Å². The summed E-state index contributed by atoms with van der Waals surface area (Å²) < 4.78 is 37.4. The fourth-order valence-electron chi connectivity index (χ4n) is 2.17. The van der Waals surface area contributed by atoms with Gasteiger partial charge in [-0.25, -0.2) is 0 Å². The topological polar surface area (TPSA) is 41.1 Å². The number of halogens is 3. The van der Waals surface area contributed by atoms with Crippen molar-refractivity contribution in [2.75, 3.05) is 18.4 Å². The number of benzene rings is 1. The molecule has 3 nitrogen and oxygen atoms in total. The van der Waals surface area contributed by atoms with Crippen LogP contribution in [0.5, 0.6) is 0 Å². The molecule has 1 aliphatic heterocycles. The Balaban J connectivity index is 2.11. The van der Waals surface area contributed by atoms with Crippen molar-refractivity contribution in [2.45, 2.75) is 17.3 Å². The Hall–Kier alpha value is -1.21. The molecule has 0 aromatic heterocycles. The van der Waals surface area contributed by atoms with Gasteiger partial charge >= 0.3 is 5.51 Å². The molecule has 1 aromatic rings. The van der Waals surface area contributed by atoms with Crippen LogP contribution in [-0.2, 0) is 4.79 Å². The van der Waals surface area contributed by atoms with Gasteiger partial charge in [0.25, 0.3) is 0 Å². The van der Waals surface area contributed by atoms with E-state index < -0.39 is 5.51 Å². The molecule has 0 saturated carbocycles. The Labute approximate surface area is 119 Å². The highest BCUT2D eigenvalue weighted by Crippen LogP contribution is 2.40. The van der Waals surface area contributed by atoms with Crippen molar-refractivity contribution in [1.82, 2.24) is 5.32 Å². The van der Waals surface area contributed by atoms with Crippen molar-refractivity contribution in [3.05, 3.63) is 24.3 Å². The molecular weight excluding hydrogens is 289 g/mol. The smallest absolute Gasteiger partial charge is 0.325 e. The Kier molecular flexibility index (Phi) is 4.59. The van der Waals surface area contributed by atoms with Crippen LogP contribution >= 0.6 is 11.8 Å². The van der Waals surface area contributed by atoms with Crippen LogP contribution in [0, 0.1) is 11.8 Å². The van der Waals surface area contributed by atoms with Gasteiger partial charge in [0.15, 0.2) is 0 Å². The normalized spacial score (nSPS) is 22.8. The first-order chi connectivity index (χ1) is 9.37. The predicted molar refractivity (Wildman–Crippen MR) is 72.5 cm³/mol. The minimum Gasteiger partial charge on any atom is -0.325 e. The second-order valence-corrected chi connectivity index (χ2v) is 5.88. The molecule has 1 aromatic carbocycles. The van der Waals surface area contributed by atoms with E-state index in [1.165, 1.54) is 18.2 Å². The monoisotopic (exact) mass is 304 g/mol. The molecule has 0 spiro atoms. The average Bonchev–Trinajstić information content (AvgIpc) is 2.76. The van der Waals surface area contributed by atoms with Crippen molar-refractivity contribution in [2.24, 2.45) is 11.8 Å². The zero-order valence-electron chi connectivity index (χ0n) is 10.8. The quantitative estimate of drug-likeness (QED) is 0.843. The second kappa shape index (κ2) is 6.05. The molecule has 2 atom stereocenters. The summed E-state index contributed by atoms with van der Waals surface area (Å²) in [5, 5.41) is 5.70. The largest absolute Gasteiger partial charge is 0.446 e. The Bertz CT molecular complexity index is 493. The first-order valence-electron chi connectivity index (χ1n) is 6.23. The summed E-state index contributed by atoms with van der Waals surface area (Å²) >= 11 is -0.218. The van der Waals surface area contributed by atoms with Gasteiger partial charge in [0, 0.05) is 11.4 Å². The van der Waals surface area contributed by atoms with Crippen molar-refractivity contribution in [1.29, 1.82) is 0 Å². The van der Waals surface area contributed by atoms with E-state index >= 15 is 0 Å². The maximum absolute atomic E-state index is 12.5. The van der Waals surface area contributed by atoms with Gasteiger partial charge in [0.2, 0.25) is 5.91 Å². The van der Waals surface area contributed by atoms with Gasteiger partial charge in [-0.05, 0) is 36.4 Å². The standard InChI is InChI=1S/C13H15F3N2OS/c1-8-6-17-7-9(8)12(19)18-10-4-2-3-5-11(10)20-13(14,15)16/h2-5,8-9,17H,6-7H2,1H3,(H,18,19)/t8-,9-/m1/s1. The average molecular weight is 304 g/mol. The van der Waals surface area contributed by atoms with Crippen LogP contribution in [0.4, 0.5) is 18.9 Å². The number of hydrogen-bond donors (Lipinski definition) is 2. The Morgan fingerprint density at radius 3 is 2.65 bits per heavy atom. The van der Waals surface area contributed by atoms with E-state index in [4.69, 9.17) is 0 Å². The third-order valence-electron chi connectivity index (χ3n) is 3.22. The van der Waals surface area contributed by atoms with Crippen LogP contribution in [-0.4, -0.2) is 24.5 Å². The van der Waals surface area contributed by atoms with Gasteiger partial charge in [-0.1, -0.05) is 19.1 Å². The van der Waals surface area contributed by atoms with E-state index in [1.54, 1.807) is 6.07 Å². The molecule has 1 aliphatic rings.